The third-order valence-electron chi connectivity index (χ3n) is 2.29. The molecular formula is C13H13ClN2O3. The first-order valence-electron chi connectivity index (χ1n) is 5.61. The number of amides is 1. The fourth-order valence-electron chi connectivity index (χ4n) is 1.28. The summed E-state index contributed by atoms with van der Waals surface area (Å²) in [4.78, 5) is 23.4. The van der Waals surface area contributed by atoms with Gasteiger partial charge in [-0.1, -0.05) is 23.7 Å². The quantitative estimate of drug-likeness (QED) is 0.855. The average Bonchev–Trinajstić information content (AvgIpc) is 2.38. The van der Waals surface area contributed by atoms with Gasteiger partial charge in [0.1, 0.15) is 12.1 Å². The molecule has 19 heavy (non-hydrogen) atoms. The number of hydrogen-bond acceptors (Lipinski definition) is 4. The maximum absolute atomic E-state index is 11.9. The molecule has 0 unspecified atom stereocenters. The number of benzene rings is 1. The molecule has 6 heteroatoms. The lowest BCUT2D eigenvalue weighted by molar-refractivity contribution is -0.147. The number of hydrogen-bond donors (Lipinski definition) is 1. The molecule has 0 aliphatic rings. The van der Waals surface area contributed by atoms with Crippen molar-refractivity contribution in [3.8, 4) is 6.07 Å². The van der Waals surface area contributed by atoms with E-state index in [1.807, 2.05) is 0 Å². The Morgan fingerprint density at radius 2 is 2.00 bits per heavy atom. The van der Waals surface area contributed by atoms with Gasteiger partial charge in [0.15, 0.2) is 6.10 Å². The van der Waals surface area contributed by atoms with Gasteiger partial charge in [0, 0.05) is 0 Å². The largest absolute Gasteiger partial charge is 0.446 e. The van der Waals surface area contributed by atoms with Crippen LogP contribution in [0.2, 0.25) is 5.02 Å². The second kappa shape index (κ2) is 6.76. The second-order valence-electron chi connectivity index (χ2n) is 3.88. The Labute approximate surface area is 116 Å². The van der Waals surface area contributed by atoms with Gasteiger partial charge in [0.25, 0.3) is 5.91 Å². The van der Waals surface area contributed by atoms with E-state index in [1.165, 1.54) is 13.8 Å². The Bertz CT molecular complexity index is 525. The van der Waals surface area contributed by atoms with Crippen LogP contribution in [0.5, 0.6) is 0 Å². The third-order valence-corrected chi connectivity index (χ3v) is 2.62. The zero-order valence-corrected chi connectivity index (χ0v) is 11.3. The summed E-state index contributed by atoms with van der Waals surface area (Å²) in [6, 6.07) is 7.40. The maximum Gasteiger partial charge on any atom is 0.329 e. The molecule has 0 heterocycles. The van der Waals surface area contributed by atoms with Crippen molar-refractivity contribution in [3.05, 3.63) is 34.9 Å². The normalized spacial score (nSPS) is 12.9. The first-order valence-corrected chi connectivity index (χ1v) is 5.99. The van der Waals surface area contributed by atoms with Crippen LogP contribution in [0.4, 0.5) is 0 Å². The van der Waals surface area contributed by atoms with Gasteiger partial charge >= 0.3 is 5.97 Å². The Morgan fingerprint density at radius 1 is 1.37 bits per heavy atom. The van der Waals surface area contributed by atoms with Crippen LogP contribution in [-0.2, 0) is 9.53 Å². The average molecular weight is 281 g/mol. The van der Waals surface area contributed by atoms with Crippen LogP contribution in [0.25, 0.3) is 0 Å². The topological polar surface area (TPSA) is 79.2 Å². The van der Waals surface area contributed by atoms with Crippen LogP contribution >= 0.6 is 11.6 Å². The molecular weight excluding hydrogens is 268 g/mol. The highest BCUT2D eigenvalue weighted by Crippen LogP contribution is 2.14. The Balaban J connectivity index is 2.65. The van der Waals surface area contributed by atoms with E-state index >= 15 is 0 Å². The summed E-state index contributed by atoms with van der Waals surface area (Å²) in [5, 5.41) is 11.3. The van der Waals surface area contributed by atoms with Crippen LogP contribution in [0, 0.1) is 11.3 Å². The number of carbonyl (C=O) groups is 2. The van der Waals surface area contributed by atoms with Crippen molar-refractivity contribution in [2.75, 3.05) is 0 Å². The molecule has 1 aromatic carbocycles. The van der Waals surface area contributed by atoms with Crippen molar-refractivity contribution < 1.29 is 14.3 Å². The molecule has 0 spiro atoms. The molecule has 1 amide bonds. The lowest BCUT2D eigenvalue weighted by Crippen LogP contribution is -2.40. The Morgan fingerprint density at radius 3 is 2.58 bits per heavy atom. The molecule has 1 N–H and O–H groups in total. The number of nitriles is 1. The van der Waals surface area contributed by atoms with Crippen LogP contribution in [0.3, 0.4) is 0 Å². The van der Waals surface area contributed by atoms with E-state index in [1.54, 1.807) is 30.3 Å². The first-order chi connectivity index (χ1) is 8.95. The van der Waals surface area contributed by atoms with Gasteiger partial charge in [-0.3, -0.25) is 4.79 Å². The van der Waals surface area contributed by atoms with Gasteiger partial charge in [0.2, 0.25) is 0 Å². The minimum Gasteiger partial charge on any atom is -0.446 e. The highest BCUT2D eigenvalue weighted by atomic mass is 35.5. The fourth-order valence-corrected chi connectivity index (χ4v) is 1.50. The van der Waals surface area contributed by atoms with E-state index in [0.717, 1.165) is 0 Å². The van der Waals surface area contributed by atoms with Crippen LogP contribution < -0.4 is 5.32 Å². The Kier molecular flexibility index (Phi) is 5.34. The van der Waals surface area contributed by atoms with Crippen molar-refractivity contribution in [1.82, 2.24) is 5.32 Å². The van der Waals surface area contributed by atoms with E-state index in [2.05, 4.69) is 5.32 Å². The van der Waals surface area contributed by atoms with E-state index < -0.39 is 24.0 Å². The molecule has 0 radical (unpaired) electrons. The van der Waals surface area contributed by atoms with Crippen molar-refractivity contribution in [2.24, 2.45) is 0 Å². The molecule has 0 aromatic heterocycles. The predicted octanol–water partition coefficient (Wildman–Crippen LogP) is 1.91. The molecule has 100 valence electrons. The first kappa shape index (κ1) is 15.0. The molecule has 0 fully saturated rings. The van der Waals surface area contributed by atoms with E-state index in [4.69, 9.17) is 21.6 Å². The SMILES string of the molecule is C[C@H](C#N)OC(=O)[C@H](C)NC(=O)c1ccccc1Cl. The van der Waals surface area contributed by atoms with Crippen molar-refractivity contribution >= 4 is 23.5 Å². The number of halogens is 1. The molecule has 0 saturated heterocycles. The minimum absolute atomic E-state index is 0.275. The summed E-state index contributed by atoms with van der Waals surface area (Å²) in [5.74, 6) is -1.14. The smallest absolute Gasteiger partial charge is 0.329 e. The maximum atomic E-state index is 11.9. The molecule has 2 atom stereocenters. The van der Waals surface area contributed by atoms with Gasteiger partial charge in [-0.2, -0.15) is 5.26 Å². The van der Waals surface area contributed by atoms with Crippen LogP contribution in [-0.4, -0.2) is 24.0 Å². The number of carbonyl (C=O) groups excluding carboxylic acids is 2. The standard InChI is InChI=1S/C13H13ClN2O3/c1-8(7-15)19-13(18)9(2)16-12(17)10-5-3-4-6-11(10)14/h3-6,8-9H,1-2H3,(H,16,17)/t8-,9+/m1/s1. The molecule has 0 aliphatic heterocycles. The van der Waals surface area contributed by atoms with Gasteiger partial charge < -0.3 is 10.1 Å². The van der Waals surface area contributed by atoms with Crippen molar-refractivity contribution in [1.29, 1.82) is 5.26 Å². The molecule has 0 bridgehead atoms. The molecule has 1 rings (SSSR count). The van der Waals surface area contributed by atoms with Gasteiger partial charge in [-0.15, -0.1) is 0 Å². The van der Waals surface area contributed by atoms with Gasteiger partial charge in [-0.25, -0.2) is 4.79 Å². The zero-order chi connectivity index (χ0) is 14.4. The fraction of sp³-hybridized carbons (Fsp3) is 0.308. The van der Waals surface area contributed by atoms with E-state index in [0.29, 0.717) is 5.02 Å². The number of nitrogens with zero attached hydrogens (tertiary/aromatic N) is 1. The summed E-state index contributed by atoms with van der Waals surface area (Å²) < 4.78 is 4.78. The highest BCUT2D eigenvalue weighted by molar-refractivity contribution is 6.33. The monoisotopic (exact) mass is 280 g/mol. The van der Waals surface area contributed by atoms with E-state index in [-0.39, 0.29) is 5.56 Å². The summed E-state index contributed by atoms with van der Waals surface area (Å²) in [7, 11) is 0. The van der Waals surface area contributed by atoms with Crippen LogP contribution in [0.15, 0.2) is 24.3 Å². The summed E-state index contributed by atoms with van der Waals surface area (Å²) >= 11 is 5.87. The number of ether oxygens (including phenoxy) is 1. The van der Waals surface area contributed by atoms with Crippen molar-refractivity contribution in [3.63, 3.8) is 0 Å². The van der Waals surface area contributed by atoms with Gasteiger partial charge in [-0.05, 0) is 26.0 Å². The molecule has 5 nitrogen and oxygen atoms in total. The highest BCUT2D eigenvalue weighted by Gasteiger charge is 2.20. The lowest BCUT2D eigenvalue weighted by Gasteiger charge is -2.14. The number of rotatable bonds is 4. The lowest BCUT2D eigenvalue weighted by atomic mass is 10.2. The zero-order valence-electron chi connectivity index (χ0n) is 10.5. The summed E-state index contributed by atoms with van der Waals surface area (Å²) in [6.07, 6.45) is -0.854. The number of nitrogens with one attached hydrogen (secondary N) is 1. The molecule has 0 saturated carbocycles. The van der Waals surface area contributed by atoms with Crippen LogP contribution in [0.1, 0.15) is 24.2 Å². The summed E-state index contributed by atoms with van der Waals surface area (Å²) in [6.45, 7) is 2.92. The molecule has 0 aliphatic carbocycles. The predicted molar refractivity (Wildman–Crippen MR) is 69.5 cm³/mol. The Hall–Kier alpha value is -2.06. The van der Waals surface area contributed by atoms with Crippen molar-refractivity contribution in [2.45, 2.75) is 26.0 Å². The summed E-state index contributed by atoms with van der Waals surface area (Å²) in [5.41, 5.74) is 0.275. The minimum atomic E-state index is -0.862. The number of esters is 1. The molecule has 1 aromatic rings. The van der Waals surface area contributed by atoms with Gasteiger partial charge in [0.05, 0.1) is 10.6 Å². The second-order valence-corrected chi connectivity index (χ2v) is 4.29. The van der Waals surface area contributed by atoms with E-state index in [9.17, 15) is 9.59 Å². The third kappa shape index (κ3) is 4.27.